The van der Waals surface area contributed by atoms with E-state index in [9.17, 15) is 4.79 Å². The molecular weight excluding hydrogens is 124 g/mol. The van der Waals surface area contributed by atoms with Gasteiger partial charge in [-0.25, -0.2) is 0 Å². The zero-order valence-corrected chi connectivity index (χ0v) is 7.05. The van der Waals surface area contributed by atoms with Crippen molar-refractivity contribution in [1.29, 1.82) is 0 Å². The summed E-state index contributed by atoms with van der Waals surface area (Å²) < 4.78 is 0. The van der Waals surface area contributed by atoms with E-state index >= 15 is 0 Å². The van der Waals surface area contributed by atoms with Gasteiger partial charge < -0.3 is 0 Å². The van der Waals surface area contributed by atoms with Gasteiger partial charge in [0.15, 0.2) is 0 Å². The van der Waals surface area contributed by atoms with Crippen LogP contribution < -0.4 is 0 Å². The maximum atomic E-state index is 11.0. The topological polar surface area (TPSA) is 17.1 Å². The molecule has 1 nitrogen and oxygen atoms in total. The second kappa shape index (κ2) is 5.21. The standard InChI is InChI=1S/C9H16O/c1-4-5-6-7-9(10)8(2)3/h4-5,8H,6-7H2,1-3H3. The monoisotopic (exact) mass is 140 g/mol. The van der Waals surface area contributed by atoms with Crippen molar-refractivity contribution in [2.45, 2.75) is 33.6 Å². The molecule has 0 aromatic rings. The van der Waals surface area contributed by atoms with E-state index in [-0.39, 0.29) is 5.92 Å². The van der Waals surface area contributed by atoms with Gasteiger partial charge in [-0.2, -0.15) is 0 Å². The quantitative estimate of drug-likeness (QED) is 0.548. The molecule has 0 aromatic carbocycles. The van der Waals surface area contributed by atoms with Gasteiger partial charge in [-0.15, -0.1) is 0 Å². The molecule has 10 heavy (non-hydrogen) atoms. The summed E-state index contributed by atoms with van der Waals surface area (Å²) in [5.41, 5.74) is 0. The molecule has 0 spiro atoms. The molecule has 0 heterocycles. The van der Waals surface area contributed by atoms with Crippen LogP contribution in [0.15, 0.2) is 12.2 Å². The van der Waals surface area contributed by atoms with Crippen LogP contribution in [0.3, 0.4) is 0 Å². The van der Waals surface area contributed by atoms with E-state index in [1.165, 1.54) is 0 Å². The van der Waals surface area contributed by atoms with Crippen LogP contribution in [0.5, 0.6) is 0 Å². The summed E-state index contributed by atoms with van der Waals surface area (Å²) in [6, 6.07) is 0. The van der Waals surface area contributed by atoms with Gasteiger partial charge >= 0.3 is 0 Å². The summed E-state index contributed by atoms with van der Waals surface area (Å²) in [7, 11) is 0. The van der Waals surface area contributed by atoms with E-state index in [0.29, 0.717) is 12.2 Å². The van der Waals surface area contributed by atoms with Crippen molar-refractivity contribution in [3.05, 3.63) is 12.2 Å². The molecule has 0 N–H and O–H groups in total. The third kappa shape index (κ3) is 4.30. The minimum absolute atomic E-state index is 0.199. The van der Waals surface area contributed by atoms with Gasteiger partial charge in [0.2, 0.25) is 0 Å². The molecule has 0 saturated heterocycles. The van der Waals surface area contributed by atoms with Crippen molar-refractivity contribution in [1.82, 2.24) is 0 Å². The lowest BCUT2D eigenvalue weighted by Gasteiger charge is -1.99. The lowest BCUT2D eigenvalue weighted by molar-refractivity contribution is -0.121. The first-order valence-electron chi connectivity index (χ1n) is 3.82. The third-order valence-electron chi connectivity index (χ3n) is 1.44. The number of carbonyl (C=O) groups is 1. The smallest absolute Gasteiger partial charge is 0.135 e. The minimum Gasteiger partial charge on any atom is -0.299 e. The summed E-state index contributed by atoms with van der Waals surface area (Å²) in [5.74, 6) is 0.559. The Kier molecular flexibility index (Phi) is 4.91. The van der Waals surface area contributed by atoms with Crippen molar-refractivity contribution in [3.63, 3.8) is 0 Å². The molecule has 0 rings (SSSR count). The molecule has 1 heteroatoms. The van der Waals surface area contributed by atoms with Crippen LogP contribution in [0.2, 0.25) is 0 Å². The highest BCUT2D eigenvalue weighted by Crippen LogP contribution is 2.01. The highest BCUT2D eigenvalue weighted by Gasteiger charge is 2.03. The van der Waals surface area contributed by atoms with Crippen LogP contribution in [0.4, 0.5) is 0 Å². The predicted octanol–water partition coefficient (Wildman–Crippen LogP) is 2.57. The first kappa shape index (κ1) is 9.41. The van der Waals surface area contributed by atoms with Crippen LogP contribution >= 0.6 is 0 Å². The molecule has 0 aliphatic rings. The molecule has 0 amide bonds. The number of hydrogen-bond donors (Lipinski definition) is 0. The highest BCUT2D eigenvalue weighted by atomic mass is 16.1. The molecular formula is C9H16O. The van der Waals surface area contributed by atoms with Crippen LogP contribution in [-0.4, -0.2) is 5.78 Å². The SMILES string of the molecule is CC=CCCC(=O)C(C)C. The molecule has 0 saturated carbocycles. The van der Waals surface area contributed by atoms with E-state index in [4.69, 9.17) is 0 Å². The Hall–Kier alpha value is -0.590. The summed E-state index contributed by atoms with van der Waals surface area (Å²) in [5, 5.41) is 0. The van der Waals surface area contributed by atoms with Gasteiger partial charge in [-0.05, 0) is 13.3 Å². The fraction of sp³-hybridized carbons (Fsp3) is 0.667. The largest absolute Gasteiger partial charge is 0.299 e. The van der Waals surface area contributed by atoms with Crippen molar-refractivity contribution in [2.75, 3.05) is 0 Å². The summed E-state index contributed by atoms with van der Waals surface area (Å²) in [6.45, 7) is 5.86. The first-order chi connectivity index (χ1) is 4.68. The maximum Gasteiger partial charge on any atom is 0.135 e. The summed E-state index contributed by atoms with van der Waals surface area (Å²) in [4.78, 5) is 11.0. The van der Waals surface area contributed by atoms with E-state index in [0.717, 1.165) is 6.42 Å². The van der Waals surface area contributed by atoms with Crippen LogP contribution in [0.25, 0.3) is 0 Å². The van der Waals surface area contributed by atoms with Gasteiger partial charge in [-0.3, -0.25) is 4.79 Å². The zero-order chi connectivity index (χ0) is 7.98. The van der Waals surface area contributed by atoms with Crippen molar-refractivity contribution in [2.24, 2.45) is 5.92 Å². The average Bonchev–Trinajstić information content (AvgIpc) is 1.88. The van der Waals surface area contributed by atoms with Gasteiger partial charge in [0, 0.05) is 12.3 Å². The Bertz CT molecular complexity index is 123. The van der Waals surface area contributed by atoms with Gasteiger partial charge in [0.25, 0.3) is 0 Å². The Morgan fingerprint density at radius 2 is 2.10 bits per heavy atom. The van der Waals surface area contributed by atoms with Crippen LogP contribution in [0.1, 0.15) is 33.6 Å². The minimum atomic E-state index is 0.199. The molecule has 0 aromatic heterocycles. The van der Waals surface area contributed by atoms with Crippen molar-refractivity contribution < 1.29 is 4.79 Å². The molecule has 0 atom stereocenters. The zero-order valence-electron chi connectivity index (χ0n) is 7.05. The fourth-order valence-electron chi connectivity index (χ4n) is 0.681. The summed E-state index contributed by atoms with van der Waals surface area (Å²) >= 11 is 0. The van der Waals surface area contributed by atoms with E-state index in [2.05, 4.69) is 0 Å². The van der Waals surface area contributed by atoms with Gasteiger partial charge in [0.1, 0.15) is 5.78 Å². The number of Topliss-reactive ketones (excluding diaryl/α,β-unsaturated/α-hetero) is 1. The van der Waals surface area contributed by atoms with Gasteiger partial charge in [-0.1, -0.05) is 26.0 Å². The predicted molar refractivity (Wildman–Crippen MR) is 43.9 cm³/mol. The van der Waals surface area contributed by atoms with E-state index in [1.807, 2.05) is 32.9 Å². The molecule has 0 fully saturated rings. The molecule has 58 valence electrons. The number of rotatable bonds is 4. The second-order valence-electron chi connectivity index (χ2n) is 2.73. The lowest BCUT2D eigenvalue weighted by atomic mass is 10.0. The Labute approximate surface area is 63.1 Å². The number of ketones is 1. The van der Waals surface area contributed by atoms with Crippen molar-refractivity contribution >= 4 is 5.78 Å². The highest BCUT2D eigenvalue weighted by molar-refractivity contribution is 5.80. The van der Waals surface area contributed by atoms with E-state index < -0.39 is 0 Å². The lowest BCUT2D eigenvalue weighted by Crippen LogP contribution is -2.05. The Morgan fingerprint density at radius 1 is 1.50 bits per heavy atom. The maximum absolute atomic E-state index is 11.0. The Balaban J connectivity index is 3.40. The van der Waals surface area contributed by atoms with Crippen LogP contribution in [0, 0.1) is 5.92 Å². The van der Waals surface area contributed by atoms with Crippen LogP contribution in [-0.2, 0) is 4.79 Å². The Morgan fingerprint density at radius 3 is 2.50 bits per heavy atom. The summed E-state index contributed by atoms with van der Waals surface area (Å²) in [6.07, 6.45) is 5.60. The molecule has 0 unspecified atom stereocenters. The molecule has 0 radical (unpaired) electrons. The fourth-order valence-corrected chi connectivity index (χ4v) is 0.681. The normalized spacial score (nSPS) is 11.2. The van der Waals surface area contributed by atoms with Gasteiger partial charge in [0.05, 0.1) is 0 Å². The first-order valence-corrected chi connectivity index (χ1v) is 3.82. The average molecular weight is 140 g/mol. The van der Waals surface area contributed by atoms with E-state index in [1.54, 1.807) is 0 Å². The number of hydrogen-bond acceptors (Lipinski definition) is 1. The number of carbonyl (C=O) groups excluding carboxylic acids is 1. The molecule has 0 aliphatic heterocycles. The number of allylic oxidation sites excluding steroid dienone is 2. The third-order valence-corrected chi connectivity index (χ3v) is 1.44. The molecule has 0 aliphatic carbocycles. The van der Waals surface area contributed by atoms with Crippen molar-refractivity contribution in [3.8, 4) is 0 Å². The molecule has 0 bridgehead atoms. The second-order valence-corrected chi connectivity index (χ2v) is 2.73.